The van der Waals surface area contributed by atoms with Gasteiger partial charge < -0.3 is 15.0 Å². The Kier molecular flexibility index (Phi) is 5.61. The largest absolute Gasteiger partial charge is 0.486 e. The van der Waals surface area contributed by atoms with Crippen molar-refractivity contribution in [2.24, 2.45) is 0 Å². The molecule has 0 spiro atoms. The molecule has 6 heteroatoms. The average molecular weight is 338 g/mol. The number of amides is 1. The van der Waals surface area contributed by atoms with Crippen LogP contribution in [0.3, 0.4) is 0 Å². The van der Waals surface area contributed by atoms with Crippen molar-refractivity contribution < 1.29 is 9.53 Å². The number of carbonyl (C=O) groups is 1. The Hall–Kier alpha value is -2.89. The van der Waals surface area contributed by atoms with Crippen LogP contribution >= 0.6 is 0 Å². The van der Waals surface area contributed by atoms with Gasteiger partial charge in [0.1, 0.15) is 6.61 Å². The second-order valence-corrected chi connectivity index (χ2v) is 5.96. The van der Waals surface area contributed by atoms with E-state index in [1.165, 1.54) is 6.08 Å². The first-order valence-corrected chi connectivity index (χ1v) is 8.41. The van der Waals surface area contributed by atoms with Gasteiger partial charge in [-0.05, 0) is 24.5 Å². The summed E-state index contributed by atoms with van der Waals surface area (Å²) in [4.78, 5) is 22.0. The predicted molar refractivity (Wildman–Crippen MR) is 96.2 cm³/mol. The van der Waals surface area contributed by atoms with Crippen molar-refractivity contribution in [1.82, 2.24) is 14.9 Å². The molecule has 1 aromatic heterocycles. The molecular weight excluding hydrogens is 316 g/mol. The lowest BCUT2D eigenvalue weighted by Crippen LogP contribution is -2.41. The molecule has 1 amide bonds. The number of ether oxygens (including phenoxy) is 1. The van der Waals surface area contributed by atoms with Crippen LogP contribution in [0.4, 0.5) is 5.95 Å². The Morgan fingerprint density at radius 3 is 2.56 bits per heavy atom. The van der Waals surface area contributed by atoms with Gasteiger partial charge in [0.05, 0.1) is 12.4 Å². The second-order valence-electron chi connectivity index (χ2n) is 5.96. The molecule has 25 heavy (non-hydrogen) atoms. The van der Waals surface area contributed by atoms with E-state index in [-0.39, 0.29) is 11.9 Å². The van der Waals surface area contributed by atoms with Crippen molar-refractivity contribution in [2.45, 2.75) is 25.5 Å². The van der Waals surface area contributed by atoms with Gasteiger partial charge in [0.2, 0.25) is 11.9 Å². The Morgan fingerprint density at radius 2 is 1.92 bits per heavy atom. The van der Waals surface area contributed by atoms with Crippen LogP contribution in [0, 0.1) is 0 Å². The van der Waals surface area contributed by atoms with Gasteiger partial charge in [-0.3, -0.25) is 4.79 Å². The molecule has 0 unspecified atom stereocenters. The third-order valence-corrected chi connectivity index (χ3v) is 4.19. The molecule has 2 aromatic rings. The average Bonchev–Trinajstić information content (AvgIpc) is 2.68. The topological polar surface area (TPSA) is 67.4 Å². The van der Waals surface area contributed by atoms with Crippen molar-refractivity contribution in [1.29, 1.82) is 0 Å². The molecule has 0 aliphatic carbocycles. The second kappa shape index (κ2) is 8.28. The summed E-state index contributed by atoms with van der Waals surface area (Å²) in [5.41, 5.74) is 1.10. The van der Waals surface area contributed by atoms with E-state index in [1.807, 2.05) is 35.2 Å². The minimum absolute atomic E-state index is 0.00498. The van der Waals surface area contributed by atoms with E-state index in [0.717, 1.165) is 31.5 Å². The number of likely N-dealkylation sites (tertiary alicyclic amines) is 1. The number of anilines is 1. The molecule has 1 fully saturated rings. The van der Waals surface area contributed by atoms with Gasteiger partial charge in [0.15, 0.2) is 5.75 Å². The third kappa shape index (κ3) is 4.79. The summed E-state index contributed by atoms with van der Waals surface area (Å²) in [7, 11) is 0. The molecule has 1 aliphatic heterocycles. The van der Waals surface area contributed by atoms with E-state index in [0.29, 0.717) is 18.3 Å². The quantitative estimate of drug-likeness (QED) is 0.820. The number of aromatic nitrogens is 2. The van der Waals surface area contributed by atoms with E-state index >= 15 is 0 Å². The minimum Gasteiger partial charge on any atom is -0.486 e. The van der Waals surface area contributed by atoms with Crippen molar-refractivity contribution >= 4 is 11.9 Å². The number of nitrogens with one attached hydrogen (secondary N) is 1. The van der Waals surface area contributed by atoms with Gasteiger partial charge in [0.25, 0.3) is 0 Å². The fourth-order valence-corrected chi connectivity index (χ4v) is 2.76. The number of nitrogens with zero attached hydrogens (tertiary/aromatic N) is 3. The molecule has 0 bridgehead atoms. The molecule has 1 saturated heterocycles. The van der Waals surface area contributed by atoms with Crippen LogP contribution in [0.15, 0.2) is 55.4 Å². The van der Waals surface area contributed by atoms with E-state index in [1.54, 1.807) is 12.4 Å². The number of piperidine rings is 1. The summed E-state index contributed by atoms with van der Waals surface area (Å²) in [6.07, 6.45) is 6.46. The van der Waals surface area contributed by atoms with Crippen LogP contribution in [0.25, 0.3) is 0 Å². The van der Waals surface area contributed by atoms with Crippen LogP contribution in [0.1, 0.15) is 18.4 Å². The minimum atomic E-state index is -0.00498. The summed E-state index contributed by atoms with van der Waals surface area (Å²) in [6.45, 7) is 5.47. The molecule has 0 radical (unpaired) electrons. The van der Waals surface area contributed by atoms with Crippen molar-refractivity contribution in [2.75, 3.05) is 18.4 Å². The number of hydrogen-bond acceptors (Lipinski definition) is 5. The fraction of sp³-hybridized carbons (Fsp3) is 0.316. The summed E-state index contributed by atoms with van der Waals surface area (Å²) >= 11 is 0. The van der Waals surface area contributed by atoms with Crippen LogP contribution in [0.2, 0.25) is 0 Å². The Morgan fingerprint density at radius 1 is 1.24 bits per heavy atom. The summed E-state index contributed by atoms with van der Waals surface area (Å²) in [5.74, 6) is 1.22. The SMILES string of the molecule is C=CC(=O)N1CCC(Nc2ncc(OCc3ccccc3)cn2)CC1. The van der Waals surface area contributed by atoms with Crippen LogP contribution in [-0.2, 0) is 11.4 Å². The third-order valence-electron chi connectivity index (χ3n) is 4.19. The molecule has 2 heterocycles. The lowest BCUT2D eigenvalue weighted by atomic mass is 10.1. The Labute approximate surface area is 147 Å². The van der Waals surface area contributed by atoms with Crippen LogP contribution in [-0.4, -0.2) is 39.9 Å². The Balaban J connectivity index is 1.46. The molecule has 1 N–H and O–H groups in total. The zero-order chi connectivity index (χ0) is 17.5. The van der Waals surface area contributed by atoms with Crippen molar-refractivity contribution in [3.05, 3.63) is 60.9 Å². The highest BCUT2D eigenvalue weighted by Gasteiger charge is 2.21. The van der Waals surface area contributed by atoms with Crippen LogP contribution in [0.5, 0.6) is 5.75 Å². The molecule has 0 atom stereocenters. The highest BCUT2D eigenvalue weighted by molar-refractivity contribution is 5.87. The molecule has 6 nitrogen and oxygen atoms in total. The maximum Gasteiger partial charge on any atom is 0.245 e. The van der Waals surface area contributed by atoms with Gasteiger partial charge >= 0.3 is 0 Å². The standard InChI is InChI=1S/C19H22N4O2/c1-2-18(24)23-10-8-16(9-11-23)22-19-20-12-17(13-21-19)25-14-15-6-4-3-5-7-15/h2-7,12-13,16H,1,8-11,14H2,(H,20,21,22). The Bertz CT molecular complexity index is 695. The summed E-state index contributed by atoms with van der Waals surface area (Å²) < 4.78 is 5.68. The van der Waals surface area contributed by atoms with Gasteiger partial charge in [-0.2, -0.15) is 0 Å². The van der Waals surface area contributed by atoms with Crippen molar-refractivity contribution in [3.8, 4) is 5.75 Å². The number of benzene rings is 1. The fourth-order valence-electron chi connectivity index (χ4n) is 2.76. The molecule has 1 aliphatic rings. The van der Waals surface area contributed by atoms with Gasteiger partial charge in [-0.15, -0.1) is 0 Å². The van der Waals surface area contributed by atoms with E-state index in [4.69, 9.17) is 4.74 Å². The monoisotopic (exact) mass is 338 g/mol. The molecule has 1 aromatic carbocycles. The van der Waals surface area contributed by atoms with Gasteiger partial charge in [0, 0.05) is 19.1 Å². The smallest absolute Gasteiger partial charge is 0.245 e. The lowest BCUT2D eigenvalue weighted by Gasteiger charge is -2.31. The normalized spacial score (nSPS) is 14.8. The zero-order valence-corrected chi connectivity index (χ0v) is 14.1. The first-order chi connectivity index (χ1) is 12.2. The molecule has 130 valence electrons. The first kappa shape index (κ1) is 17.0. The van der Waals surface area contributed by atoms with E-state index in [2.05, 4.69) is 21.9 Å². The maximum atomic E-state index is 11.6. The molecule has 0 saturated carbocycles. The van der Waals surface area contributed by atoms with E-state index < -0.39 is 0 Å². The highest BCUT2D eigenvalue weighted by atomic mass is 16.5. The highest BCUT2D eigenvalue weighted by Crippen LogP contribution is 2.16. The maximum absolute atomic E-state index is 11.6. The van der Waals surface area contributed by atoms with Crippen molar-refractivity contribution in [3.63, 3.8) is 0 Å². The lowest BCUT2D eigenvalue weighted by molar-refractivity contribution is -0.126. The summed E-state index contributed by atoms with van der Waals surface area (Å²) in [6, 6.07) is 10.2. The van der Waals surface area contributed by atoms with Crippen LogP contribution < -0.4 is 10.1 Å². The first-order valence-electron chi connectivity index (χ1n) is 8.41. The number of rotatable bonds is 6. The van der Waals surface area contributed by atoms with E-state index in [9.17, 15) is 4.79 Å². The molecule has 3 rings (SSSR count). The molecular formula is C19H22N4O2. The summed E-state index contributed by atoms with van der Waals surface area (Å²) in [5, 5.41) is 3.32. The number of hydrogen-bond donors (Lipinski definition) is 1. The van der Waals surface area contributed by atoms with Gasteiger partial charge in [-0.1, -0.05) is 36.9 Å². The predicted octanol–water partition coefficient (Wildman–Crippen LogP) is 2.64. The zero-order valence-electron chi connectivity index (χ0n) is 14.1. The van der Waals surface area contributed by atoms with Gasteiger partial charge in [-0.25, -0.2) is 9.97 Å². The number of carbonyl (C=O) groups excluding carboxylic acids is 1.